The van der Waals surface area contributed by atoms with Gasteiger partial charge in [-0.3, -0.25) is 4.79 Å². The molecule has 7 nitrogen and oxygen atoms in total. The minimum absolute atomic E-state index is 0.137. The van der Waals surface area contributed by atoms with Gasteiger partial charge in [0.15, 0.2) is 0 Å². The predicted octanol–water partition coefficient (Wildman–Crippen LogP) is 4.15. The summed E-state index contributed by atoms with van der Waals surface area (Å²) in [5.41, 5.74) is 7.32. The number of carbonyl (C=O) groups excluding carboxylic acids is 1. The van der Waals surface area contributed by atoms with Crippen molar-refractivity contribution in [3.05, 3.63) is 77.8 Å². The van der Waals surface area contributed by atoms with Crippen LogP contribution >= 0.6 is 0 Å². The molecule has 0 aliphatic heterocycles. The Hall–Kier alpha value is -3.14. The van der Waals surface area contributed by atoms with E-state index in [1.54, 1.807) is 29.3 Å². The monoisotopic (exact) mass is 514 g/mol. The van der Waals surface area contributed by atoms with Gasteiger partial charge in [0.2, 0.25) is 5.91 Å². The molecule has 0 fully saturated rings. The van der Waals surface area contributed by atoms with Gasteiger partial charge < -0.3 is 25.0 Å². The van der Waals surface area contributed by atoms with Crippen molar-refractivity contribution in [3.8, 4) is 11.3 Å². The Morgan fingerprint density at radius 3 is 2.43 bits per heavy atom. The number of nitrogens with zero attached hydrogens (tertiary/aromatic N) is 3. The van der Waals surface area contributed by atoms with Gasteiger partial charge in [-0.1, -0.05) is 45.0 Å². The van der Waals surface area contributed by atoms with Gasteiger partial charge in [-0.05, 0) is 41.7 Å². The standard InChI is InChI=1S/C28H36F2N4O3/c1-28(2,3)26(34(25(36)18-37-4)12-11-23(31)17-35)27-32-24(20-8-6-10-22(30)14-20)16-33(27)15-19-7-5-9-21(29)13-19/h5-10,13-14,16,23,26,35H,11-12,15,17-18,31H2,1-4H3/t23?,26-/m0/s1. The second-order valence-corrected chi connectivity index (χ2v) is 10.3. The first-order chi connectivity index (χ1) is 17.5. The van der Waals surface area contributed by atoms with Crippen LogP contribution in [0.2, 0.25) is 0 Å². The van der Waals surface area contributed by atoms with Crippen molar-refractivity contribution in [2.75, 3.05) is 26.9 Å². The number of aromatic nitrogens is 2. The molecule has 1 aromatic heterocycles. The summed E-state index contributed by atoms with van der Waals surface area (Å²) in [6.07, 6.45) is 2.17. The van der Waals surface area contributed by atoms with Crippen LogP contribution in [-0.4, -0.2) is 58.4 Å². The van der Waals surface area contributed by atoms with Gasteiger partial charge in [0, 0.05) is 38.0 Å². The van der Waals surface area contributed by atoms with Gasteiger partial charge in [0.05, 0.1) is 18.3 Å². The van der Waals surface area contributed by atoms with Crippen LogP contribution in [0, 0.1) is 17.0 Å². The van der Waals surface area contributed by atoms with E-state index in [-0.39, 0.29) is 37.3 Å². The molecule has 0 saturated carbocycles. The Labute approximate surface area is 216 Å². The number of carbonyl (C=O) groups is 1. The van der Waals surface area contributed by atoms with Crippen LogP contribution in [0.25, 0.3) is 11.3 Å². The number of methoxy groups -OCH3 is 1. The summed E-state index contributed by atoms with van der Waals surface area (Å²) in [4.78, 5) is 19.9. The molecule has 3 rings (SSSR count). The van der Waals surface area contributed by atoms with Crippen molar-refractivity contribution in [3.63, 3.8) is 0 Å². The van der Waals surface area contributed by atoms with Crippen LogP contribution in [0.15, 0.2) is 54.7 Å². The summed E-state index contributed by atoms with van der Waals surface area (Å²) in [5, 5.41) is 9.46. The highest BCUT2D eigenvalue weighted by Crippen LogP contribution is 2.39. The normalized spacial score (nSPS) is 13.4. The number of imidazole rings is 1. The van der Waals surface area contributed by atoms with E-state index in [0.717, 1.165) is 0 Å². The highest BCUT2D eigenvalue weighted by Gasteiger charge is 2.38. The fourth-order valence-corrected chi connectivity index (χ4v) is 4.39. The molecule has 9 heteroatoms. The summed E-state index contributed by atoms with van der Waals surface area (Å²) >= 11 is 0. The van der Waals surface area contributed by atoms with Gasteiger partial charge in [-0.25, -0.2) is 13.8 Å². The Bertz CT molecular complexity index is 1190. The third-order valence-corrected chi connectivity index (χ3v) is 6.11. The third-order valence-electron chi connectivity index (χ3n) is 6.11. The summed E-state index contributed by atoms with van der Waals surface area (Å²) in [6, 6.07) is 11.4. The molecule has 200 valence electrons. The van der Waals surface area contributed by atoms with E-state index < -0.39 is 17.5 Å². The van der Waals surface area contributed by atoms with Crippen molar-refractivity contribution in [2.45, 2.75) is 45.8 Å². The maximum absolute atomic E-state index is 14.1. The number of rotatable bonds is 11. The zero-order valence-corrected chi connectivity index (χ0v) is 21.8. The fraction of sp³-hybridized carbons (Fsp3) is 0.429. The molecule has 2 atom stereocenters. The first-order valence-electron chi connectivity index (χ1n) is 12.3. The molecule has 3 aromatic rings. The predicted molar refractivity (Wildman–Crippen MR) is 139 cm³/mol. The summed E-state index contributed by atoms with van der Waals surface area (Å²) in [6.45, 7) is 6.23. The zero-order chi connectivity index (χ0) is 27.2. The van der Waals surface area contributed by atoms with E-state index in [2.05, 4.69) is 0 Å². The van der Waals surface area contributed by atoms with Crippen molar-refractivity contribution >= 4 is 5.91 Å². The van der Waals surface area contributed by atoms with Crippen molar-refractivity contribution in [1.82, 2.24) is 14.5 Å². The number of ether oxygens (including phenoxy) is 1. The van der Waals surface area contributed by atoms with Gasteiger partial charge in [0.1, 0.15) is 24.1 Å². The molecular weight excluding hydrogens is 478 g/mol. The second kappa shape index (κ2) is 12.4. The zero-order valence-electron chi connectivity index (χ0n) is 21.8. The van der Waals surface area contributed by atoms with Gasteiger partial charge in [0.25, 0.3) is 0 Å². The molecule has 0 aliphatic carbocycles. The Morgan fingerprint density at radius 2 is 1.84 bits per heavy atom. The lowest BCUT2D eigenvalue weighted by molar-refractivity contribution is -0.140. The maximum Gasteiger partial charge on any atom is 0.249 e. The lowest BCUT2D eigenvalue weighted by atomic mass is 9.84. The van der Waals surface area contributed by atoms with Crippen molar-refractivity contribution in [1.29, 1.82) is 0 Å². The van der Waals surface area contributed by atoms with Crippen LogP contribution in [0.1, 0.15) is 44.6 Å². The molecule has 3 N–H and O–H groups in total. The number of hydrogen-bond acceptors (Lipinski definition) is 5. The molecule has 0 bridgehead atoms. The summed E-state index contributed by atoms with van der Waals surface area (Å²) in [7, 11) is 1.45. The number of aliphatic hydroxyl groups is 1. The number of nitrogens with two attached hydrogens (primary N) is 1. The molecule has 0 aliphatic rings. The molecule has 37 heavy (non-hydrogen) atoms. The molecule has 1 unspecified atom stereocenters. The average molecular weight is 515 g/mol. The number of amides is 1. The molecule has 1 amide bonds. The van der Waals surface area contributed by atoms with Crippen LogP contribution in [-0.2, 0) is 16.1 Å². The van der Waals surface area contributed by atoms with Gasteiger partial charge in [-0.2, -0.15) is 0 Å². The van der Waals surface area contributed by atoms with E-state index in [0.29, 0.717) is 35.6 Å². The Balaban J connectivity index is 2.17. The Morgan fingerprint density at radius 1 is 1.16 bits per heavy atom. The summed E-state index contributed by atoms with van der Waals surface area (Å²) in [5.74, 6) is -0.425. The topological polar surface area (TPSA) is 93.6 Å². The first-order valence-corrected chi connectivity index (χ1v) is 12.3. The molecule has 0 spiro atoms. The first kappa shape index (κ1) is 28.4. The number of halogens is 2. The number of hydrogen-bond donors (Lipinski definition) is 2. The largest absolute Gasteiger partial charge is 0.395 e. The summed E-state index contributed by atoms with van der Waals surface area (Å²) < 4.78 is 35.1. The van der Waals surface area contributed by atoms with E-state index >= 15 is 0 Å². The van der Waals surface area contributed by atoms with E-state index in [9.17, 15) is 18.7 Å². The van der Waals surface area contributed by atoms with Gasteiger partial charge in [-0.15, -0.1) is 0 Å². The minimum Gasteiger partial charge on any atom is -0.395 e. The van der Waals surface area contributed by atoms with Crippen molar-refractivity contribution < 1.29 is 23.4 Å². The van der Waals surface area contributed by atoms with E-state index in [4.69, 9.17) is 15.5 Å². The van der Waals surface area contributed by atoms with E-state index in [1.807, 2.05) is 31.4 Å². The molecular formula is C28H36F2N4O3. The highest BCUT2D eigenvalue weighted by molar-refractivity contribution is 5.78. The molecule has 2 aromatic carbocycles. The van der Waals surface area contributed by atoms with E-state index in [1.165, 1.54) is 31.4 Å². The fourth-order valence-electron chi connectivity index (χ4n) is 4.39. The average Bonchev–Trinajstić information content (AvgIpc) is 3.23. The smallest absolute Gasteiger partial charge is 0.249 e. The van der Waals surface area contributed by atoms with Gasteiger partial charge >= 0.3 is 0 Å². The minimum atomic E-state index is -0.531. The molecule has 1 heterocycles. The van der Waals surface area contributed by atoms with Crippen LogP contribution < -0.4 is 5.73 Å². The lowest BCUT2D eigenvalue weighted by Crippen LogP contribution is -2.46. The highest BCUT2D eigenvalue weighted by atomic mass is 19.1. The number of aliphatic hydroxyl groups excluding tert-OH is 1. The van der Waals surface area contributed by atoms with Crippen LogP contribution in [0.5, 0.6) is 0 Å². The molecule has 0 radical (unpaired) electrons. The van der Waals surface area contributed by atoms with Crippen LogP contribution in [0.4, 0.5) is 8.78 Å². The quantitative estimate of drug-likeness (QED) is 0.401. The SMILES string of the molecule is COCC(=O)N(CCC(N)CO)[C@@H](c1nc(-c2cccc(F)c2)cn1Cc1cccc(F)c1)C(C)(C)C. The second-order valence-electron chi connectivity index (χ2n) is 10.3. The lowest BCUT2D eigenvalue weighted by Gasteiger charge is -2.40. The number of benzene rings is 2. The third kappa shape index (κ3) is 7.44. The Kier molecular flexibility index (Phi) is 9.53. The molecule has 0 saturated heterocycles. The van der Waals surface area contributed by atoms with Crippen molar-refractivity contribution in [2.24, 2.45) is 11.1 Å². The van der Waals surface area contributed by atoms with Crippen LogP contribution in [0.3, 0.4) is 0 Å². The maximum atomic E-state index is 14.1.